The third-order valence-corrected chi connectivity index (χ3v) is 3.33. The number of anilines is 1. The molecule has 0 unspecified atom stereocenters. The molecule has 6 heteroatoms. The van der Waals surface area contributed by atoms with Crippen LogP contribution in [-0.4, -0.2) is 28.8 Å². The average molecular weight is 284 g/mol. The van der Waals surface area contributed by atoms with E-state index >= 15 is 0 Å². The highest BCUT2D eigenvalue weighted by Crippen LogP contribution is 2.33. The van der Waals surface area contributed by atoms with Crippen molar-refractivity contribution in [3.8, 4) is 22.8 Å². The zero-order chi connectivity index (χ0) is 15.0. The maximum atomic E-state index is 5.78. The summed E-state index contributed by atoms with van der Waals surface area (Å²) in [4.78, 5) is 4.50. The lowest BCUT2D eigenvalue weighted by Gasteiger charge is -2.10. The molecule has 2 aromatic heterocycles. The smallest absolute Gasteiger partial charge is 0.161 e. The van der Waals surface area contributed by atoms with E-state index in [0.717, 1.165) is 22.6 Å². The monoisotopic (exact) mass is 284 g/mol. The number of rotatable bonds is 3. The Morgan fingerprint density at radius 1 is 1.05 bits per heavy atom. The molecule has 0 saturated carbocycles. The lowest BCUT2D eigenvalue weighted by Crippen LogP contribution is -1.99. The van der Waals surface area contributed by atoms with Gasteiger partial charge in [0.1, 0.15) is 5.82 Å². The Labute approximate surface area is 122 Å². The number of imidazole rings is 1. The van der Waals surface area contributed by atoms with Crippen LogP contribution in [0.1, 0.15) is 5.69 Å². The van der Waals surface area contributed by atoms with Gasteiger partial charge in [-0.1, -0.05) is 0 Å². The molecule has 2 N–H and O–H groups in total. The molecule has 0 spiro atoms. The largest absolute Gasteiger partial charge is 0.493 e. The SMILES string of the molecule is COc1ccc(-c2c(C)nc3ccc(N)nn23)cc1OC. The predicted molar refractivity (Wildman–Crippen MR) is 80.7 cm³/mol. The fourth-order valence-corrected chi connectivity index (χ4v) is 2.37. The van der Waals surface area contributed by atoms with Crippen LogP contribution in [0.4, 0.5) is 5.82 Å². The van der Waals surface area contributed by atoms with Crippen molar-refractivity contribution in [3.05, 3.63) is 36.0 Å². The molecule has 0 aliphatic carbocycles. The normalized spacial score (nSPS) is 10.8. The highest BCUT2D eigenvalue weighted by Gasteiger charge is 2.14. The molecule has 108 valence electrons. The first-order chi connectivity index (χ1) is 10.1. The van der Waals surface area contributed by atoms with Crippen molar-refractivity contribution >= 4 is 11.5 Å². The quantitative estimate of drug-likeness (QED) is 0.798. The summed E-state index contributed by atoms with van der Waals surface area (Å²) in [7, 11) is 3.22. The van der Waals surface area contributed by atoms with Gasteiger partial charge in [-0.25, -0.2) is 9.50 Å². The first kappa shape index (κ1) is 13.2. The van der Waals surface area contributed by atoms with E-state index in [1.165, 1.54) is 0 Å². The number of methoxy groups -OCH3 is 2. The lowest BCUT2D eigenvalue weighted by atomic mass is 10.1. The van der Waals surface area contributed by atoms with Crippen molar-refractivity contribution in [1.29, 1.82) is 0 Å². The number of aromatic nitrogens is 3. The second-order valence-electron chi connectivity index (χ2n) is 4.64. The van der Waals surface area contributed by atoms with Crippen molar-refractivity contribution in [3.63, 3.8) is 0 Å². The highest BCUT2D eigenvalue weighted by atomic mass is 16.5. The number of ether oxygens (including phenoxy) is 2. The van der Waals surface area contributed by atoms with Crippen molar-refractivity contribution in [2.75, 3.05) is 20.0 Å². The second kappa shape index (κ2) is 4.97. The van der Waals surface area contributed by atoms with Crippen LogP contribution in [0.2, 0.25) is 0 Å². The van der Waals surface area contributed by atoms with Crippen molar-refractivity contribution in [2.24, 2.45) is 0 Å². The summed E-state index contributed by atoms with van der Waals surface area (Å²) in [6, 6.07) is 9.29. The van der Waals surface area contributed by atoms with Gasteiger partial charge in [0, 0.05) is 5.56 Å². The minimum absolute atomic E-state index is 0.446. The summed E-state index contributed by atoms with van der Waals surface area (Å²) in [6.07, 6.45) is 0. The van der Waals surface area contributed by atoms with Crippen molar-refractivity contribution in [2.45, 2.75) is 6.92 Å². The summed E-state index contributed by atoms with van der Waals surface area (Å²) >= 11 is 0. The fourth-order valence-electron chi connectivity index (χ4n) is 2.37. The summed E-state index contributed by atoms with van der Waals surface area (Å²) in [5, 5.41) is 4.33. The molecular weight excluding hydrogens is 268 g/mol. The van der Waals surface area contributed by atoms with Crippen LogP contribution >= 0.6 is 0 Å². The van der Waals surface area contributed by atoms with Crippen LogP contribution in [0.3, 0.4) is 0 Å². The van der Waals surface area contributed by atoms with Gasteiger partial charge in [0.25, 0.3) is 0 Å². The standard InChI is InChI=1S/C15H16N4O2/c1-9-15(19-14(17-9)7-6-13(16)18-19)10-4-5-11(20-2)12(8-10)21-3/h4-8H,1-3H3,(H2,16,18). The molecule has 0 aliphatic rings. The van der Waals surface area contributed by atoms with Crippen LogP contribution in [0.15, 0.2) is 30.3 Å². The molecule has 3 aromatic rings. The lowest BCUT2D eigenvalue weighted by molar-refractivity contribution is 0.355. The first-order valence-corrected chi connectivity index (χ1v) is 6.48. The number of hydrogen-bond acceptors (Lipinski definition) is 5. The maximum Gasteiger partial charge on any atom is 0.161 e. The molecule has 0 saturated heterocycles. The summed E-state index contributed by atoms with van der Waals surface area (Å²) < 4.78 is 12.4. The Hall–Kier alpha value is -2.76. The Morgan fingerprint density at radius 2 is 1.81 bits per heavy atom. The van der Waals surface area contributed by atoms with Gasteiger partial charge in [-0.3, -0.25) is 0 Å². The molecule has 0 atom stereocenters. The Bertz CT molecular complexity index is 811. The van der Waals surface area contributed by atoms with Gasteiger partial charge >= 0.3 is 0 Å². The van der Waals surface area contributed by atoms with Gasteiger partial charge in [0.2, 0.25) is 0 Å². The molecule has 0 radical (unpaired) electrons. The summed E-state index contributed by atoms with van der Waals surface area (Å²) in [5.41, 5.74) is 9.24. The fraction of sp³-hybridized carbons (Fsp3) is 0.200. The molecule has 6 nitrogen and oxygen atoms in total. The van der Waals surface area contributed by atoms with E-state index in [-0.39, 0.29) is 0 Å². The van der Waals surface area contributed by atoms with Gasteiger partial charge in [-0.05, 0) is 37.3 Å². The van der Waals surface area contributed by atoms with Crippen LogP contribution in [0, 0.1) is 6.92 Å². The van der Waals surface area contributed by atoms with Crippen LogP contribution in [-0.2, 0) is 0 Å². The van der Waals surface area contributed by atoms with Gasteiger partial charge in [0.05, 0.1) is 25.6 Å². The number of fused-ring (bicyclic) bond motifs is 1. The zero-order valence-corrected chi connectivity index (χ0v) is 12.1. The van der Waals surface area contributed by atoms with E-state index in [9.17, 15) is 0 Å². The van der Waals surface area contributed by atoms with Crippen molar-refractivity contribution < 1.29 is 9.47 Å². The second-order valence-corrected chi connectivity index (χ2v) is 4.64. The molecular formula is C15H16N4O2. The predicted octanol–water partition coefficient (Wildman–Crippen LogP) is 2.30. The van der Waals surface area contributed by atoms with E-state index in [4.69, 9.17) is 15.2 Å². The van der Waals surface area contributed by atoms with Gasteiger partial charge < -0.3 is 15.2 Å². The highest BCUT2D eigenvalue weighted by molar-refractivity contribution is 5.69. The number of nitrogen functional groups attached to an aromatic ring is 1. The molecule has 2 heterocycles. The third kappa shape index (κ3) is 2.14. The summed E-state index contributed by atoms with van der Waals surface area (Å²) in [5.74, 6) is 1.79. The number of benzene rings is 1. The molecule has 0 amide bonds. The molecule has 3 rings (SSSR count). The molecule has 0 bridgehead atoms. The minimum Gasteiger partial charge on any atom is -0.493 e. The van der Waals surface area contributed by atoms with Gasteiger partial charge in [-0.2, -0.15) is 0 Å². The van der Waals surface area contributed by atoms with E-state index in [2.05, 4.69) is 10.1 Å². The topological polar surface area (TPSA) is 74.7 Å². The van der Waals surface area contributed by atoms with Crippen LogP contribution < -0.4 is 15.2 Å². The van der Waals surface area contributed by atoms with Gasteiger partial charge in [0.15, 0.2) is 17.1 Å². The zero-order valence-electron chi connectivity index (χ0n) is 12.1. The number of aryl methyl sites for hydroxylation is 1. The van der Waals surface area contributed by atoms with E-state index in [1.54, 1.807) is 24.8 Å². The Balaban J connectivity index is 2.24. The Kier molecular flexibility index (Phi) is 3.13. The molecule has 1 aromatic carbocycles. The van der Waals surface area contributed by atoms with E-state index < -0.39 is 0 Å². The third-order valence-electron chi connectivity index (χ3n) is 3.33. The van der Waals surface area contributed by atoms with E-state index in [0.29, 0.717) is 17.3 Å². The first-order valence-electron chi connectivity index (χ1n) is 6.48. The van der Waals surface area contributed by atoms with Gasteiger partial charge in [-0.15, -0.1) is 5.10 Å². The summed E-state index contributed by atoms with van der Waals surface area (Å²) in [6.45, 7) is 1.94. The Morgan fingerprint density at radius 3 is 2.52 bits per heavy atom. The van der Waals surface area contributed by atoms with E-state index in [1.807, 2.05) is 31.2 Å². The number of hydrogen-bond donors (Lipinski definition) is 1. The average Bonchev–Trinajstić information content (AvgIpc) is 2.81. The number of nitrogens with two attached hydrogens (primary N) is 1. The van der Waals surface area contributed by atoms with Crippen LogP contribution in [0.25, 0.3) is 16.9 Å². The molecule has 21 heavy (non-hydrogen) atoms. The number of nitrogens with zero attached hydrogens (tertiary/aromatic N) is 3. The van der Waals surface area contributed by atoms with Crippen LogP contribution in [0.5, 0.6) is 11.5 Å². The van der Waals surface area contributed by atoms with Crippen molar-refractivity contribution in [1.82, 2.24) is 14.6 Å². The minimum atomic E-state index is 0.446. The maximum absolute atomic E-state index is 5.78. The molecule has 0 aliphatic heterocycles. The molecule has 0 fully saturated rings.